The Morgan fingerprint density at radius 1 is 0.964 bits per heavy atom. The van der Waals surface area contributed by atoms with Crippen LogP contribution in [0.3, 0.4) is 0 Å². The van der Waals surface area contributed by atoms with Crippen molar-refractivity contribution in [1.82, 2.24) is 9.97 Å². The molecule has 0 fully saturated rings. The highest BCUT2D eigenvalue weighted by Crippen LogP contribution is 2.25. The van der Waals surface area contributed by atoms with E-state index in [4.69, 9.17) is 0 Å². The lowest BCUT2D eigenvalue weighted by Crippen LogP contribution is -2.16. The van der Waals surface area contributed by atoms with Gasteiger partial charge in [0, 0.05) is 11.9 Å². The Morgan fingerprint density at radius 3 is 2.46 bits per heavy atom. The van der Waals surface area contributed by atoms with Crippen LogP contribution in [0.15, 0.2) is 48.7 Å². The zero-order valence-electron chi connectivity index (χ0n) is 15.1. The van der Waals surface area contributed by atoms with Crippen molar-refractivity contribution < 1.29 is 18.0 Å². The van der Waals surface area contributed by atoms with Gasteiger partial charge in [-0.3, -0.25) is 4.79 Å². The summed E-state index contributed by atoms with van der Waals surface area (Å²) in [6.07, 6.45) is 1.30. The minimum atomic E-state index is -1.61. The molecule has 28 heavy (non-hydrogen) atoms. The smallest absolute Gasteiger partial charge is 0.274 e. The van der Waals surface area contributed by atoms with Crippen molar-refractivity contribution in [3.05, 3.63) is 77.4 Å². The van der Waals surface area contributed by atoms with Crippen molar-refractivity contribution in [1.29, 1.82) is 0 Å². The first-order valence-electron chi connectivity index (χ1n) is 8.50. The molecule has 0 radical (unpaired) electrons. The summed E-state index contributed by atoms with van der Waals surface area (Å²) in [6, 6.07) is 10.6. The van der Waals surface area contributed by atoms with Gasteiger partial charge in [-0.25, -0.2) is 23.1 Å². The monoisotopic (exact) mass is 386 g/mol. The fourth-order valence-electron chi connectivity index (χ4n) is 2.59. The van der Waals surface area contributed by atoms with Crippen molar-refractivity contribution in [3.63, 3.8) is 0 Å². The molecule has 0 aliphatic carbocycles. The van der Waals surface area contributed by atoms with Crippen LogP contribution >= 0.6 is 0 Å². The highest BCUT2D eigenvalue weighted by molar-refractivity contribution is 6.03. The van der Waals surface area contributed by atoms with Gasteiger partial charge in [0.2, 0.25) is 5.95 Å². The highest BCUT2D eigenvalue weighted by atomic mass is 19.2. The van der Waals surface area contributed by atoms with Crippen molar-refractivity contribution in [2.24, 2.45) is 0 Å². The third kappa shape index (κ3) is 4.11. The normalized spacial score (nSPS) is 10.8. The van der Waals surface area contributed by atoms with Crippen LogP contribution in [0.4, 0.5) is 30.5 Å². The molecule has 3 aromatic rings. The van der Waals surface area contributed by atoms with Gasteiger partial charge >= 0.3 is 0 Å². The van der Waals surface area contributed by atoms with E-state index < -0.39 is 23.4 Å². The van der Waals surface area contributed by atoms with Gasteiger partial charge in [0.25, 0.3) is 5.91 Å². The Bertz CT molecular complexity index is 1020. The van der Waals surface area contributed by atoms with Crippen LogP contribution in [0.25, 0.3) is 0 Å². The van der Waals surface area contributed by atoms with E-state index in [0.717, 1.165) is 17.7 Å². The molecule has 0 spiro atoms. The first-order chi connectivity index (χ1) is 13.4. The number of carbonyl (C=O) groups is 1. The van der Waals surface area contributed by atoms with Crippen LogP contribution in [-0.4, -0.2) is 15.9 Å². The molecule has 3 rings (SSSR count). The maximum atomic E-state index is 13.8. The molecule has 0 aliphatic rings. The standard InChI is InChI=1S/C20H17F3N4O/c1-11(2)12-5-3-4-6-14(12)25-19(28)16-9-10-24-20(27-16)26-15-8-7-13(21)17(22)18(15)23/h3-11H,1-2H3,(H,25,28)(H,24,26,27). The van der Waals surface area contributed by atoms with Gasteiger partial charge in [0.15, 0.2) is 17.5 Å². The third-order valence-electron chi connectivity index (χ3n) is 4.00. The van der Waals surface area contributed by atoms with Gasteiger partial charge in [-0.05, 0) is 35.7 Å². The fraction of sp³-hybridized carbons (Fsp3) is 0.150. The molecular formula is C20H17F3N4O. The highest BCUT2D eigenvalue weighted by Gasteiger charge is 2.16. The van der Waals surface area contributed by atoms with Crippen LogP contribution in [0.5, 0.6) is 0 Å². The maximum Gasteiger partial charge on any atom is 0.274 e. The molecule has 0 atom stereocenters. The fourth-order valence-corrected chi connectivity index (χ4v) is 2.59. The molecule has 5 nitrogen and oxygen atoms in total. The van der Waals surface area contributed by atoms with Crippen molar-refractivity contribution in [3.8, 4) is 0 Å². The Kier molecular flexibility index (Phi) is 5.58. The largest absolute Gasteiger partial charge is 0.322 e. The van der Waals surface area contributed by atoms with E-state index in [-0.39, 0.29) is 23.2 Å². The lowest BCUT2D eigenvalue weighted by atomic mass is 10.0. The summed E-state index contributed by atoms with van der Waals surface area (Å²) < 4.78 is 40.2. The molecule has 144 valence electrons. The second-order valence-corrected chi connectivity index (χ2v) is 6.31. The number of hydrogen-bond acceptors (Lipinski definition) is 4. The maximum absolute atomic E-state index is 13.8. The lowest BCUT2D eigenvalue weighted by molar-refractivity contribution is 0.102. The molecule has 0 saturated carbocycles. The van der Waals surface area contributed by atoms with Crippen LogP contribution in [0.2, 0.25) is 0 Å². The second-order valence-electron chi connectivity index (χ2n) is 6.31. The summed E-state index contributed by atoms with van der Waals surface area (Å²) in [4.78, 5) is 20.4. The average Bonchev–Trinajstić information content (AvgIpc) is 2.69. The Morgan fingerprint density at radius 2 is 1.71 bits per heavy atom. The number of benzene rings is 2. The quantitative estimate of drug-likeness (QED) is 0.605. The second kappa shape index (κ2) is 8.08. The summed E-state index contributed by atoms with van der Waals surface area (Å²) in [5, 5.41) is 5.23. The van der Waals surface area contributed by atoms with Crippen LogP contribution < -0.4 is 10.6 Å². The van der Waals surface area contributed by atoms with Gasteiger partial charge in [-0.15, -0.1) is 0 Å². The number of aromatic nitrogens is 2. The van der Waals surface area contributed by atoms with E-state index in [1.807, 2.05) is 26.0 Å². The zero-order valence-corrected chi connectivity index (χ0v) is 15.1. The number of hydrogen-bond donors (Lipinski definition) is 2. The topological polar surface area (TPSA) is 66.9 Å². The predicted octanol–water partition coefficient (Wildman–Crippen LogP) is 5.01. The Hall–Kier alpha value is -3.42. The number of halogens is 3. The summed E-state index contributed by atoms with van der Waals surface area (Å²) >= 11 is 0. The summed E-state index contributed by atoms with van der Waals surface area (Å²) in [6.45, 7) is 4.02. The number of carbonyl (C=O) groups excluding carboxylic acids is 1. The van der Waals surface area contributed by atoms with E-state index >= 15 is 0 Å². The first kappa shape index (κ1) is 19.3. The molecule has 1 aromatic heterocycles. The Labute approximate surface area is 159 Å². The lowest BCUT2D eigenvalue weighted by Gasteiger charge is -2.13. The molecule has 0 aliphatic heterocycles. The summed E-state index contributed by atoms with van der Waals surface area (Å²) in [5.74, 6) is -4.72. The van der Waals surface area contributed by atoms with E-state index in [1.54, 1.807) is 12.1 Å². The molecular weight excluding hydrogens is 369 g/mol. The van der Waals surface area contributed by atoms with E-state index in [9.17, 15) is 18.0 Å². The van der Waals surface area contributed by atoms with Gasteiger partial charge in [0.05, 0.1) is 5.69 Å². The number of nitrogens with one attached hydrogen (secondary N) is 2. The summed E-state index contributed by atoms with van der Waals surface area (Å²) in [7, 11) is 0. The Balaban J connectivity index is 1.82. The average molecular weight is 386 g/mol. The van der Waals surface area contributed by atoms with Crippen LogP contribution in [0.1, 0.15) is 35.8 Å². The van der Waals surface area contributed by atoms with Crippen molar-refractivity contribution >= 4 is 23.2 Å². The van der Waals surface area contributed by atoms with E-state index in [2.05, 4.69) is 20.6 Å². The molecule has 0 saturated heterocycles. The first-order valence-corrected chi connectivity index (χ1v) is 8.50. The molecule has 8 heteroatoms. The molecule has 1 amide bonds. The van der Waals surface area contributed by atoms with Gasteiger partial charge in [-0.2, -0.15) is 0 Å². The van der Waals surface area contributed by atoms with Gasteiger partial charge in [0.1, 0.15) is 5.69 Å². The number of anilines is 3. The molecule has 2 N–H and O–H groups in total. The van der Waals surface area contributed by atoms with Crippen molar-refractivity contribution in [2.45, 2.75) is 19.8 Å². The van der Waals surface area contributed by atoms with Gasteiger partial charge < -0.3 is 10.6 Å². The van der Waals surface area contributed by atoms with E-state index in [0.29, 0.717) is 5.69 Å². The molecule has 2 aromatic carbocycles. The zero-order chi connectivity index (χ0) is 20.3. The predicted molar refractivity (Wildman–Crippen MR) is 100 cm³/mol. The number of rotatable bonds is 5. The molecule has 0 bridgehead atoms. The molecule has 1 heterocycles. The third-order valence-corrected chi connectivity index (χ3v) is 4.00. The minimum Gasteiger partial charge on any atom is -0.322 e. The summed E-state index contributed by atoms with van der Waals surface area (Å²) in [5.41, 5.74) is 1.30. The SMILES string of the molecule is CC(C)c1ccccc1NC(=O)c1ccnc(Nc2ccc(F)c(F)c2F)n1. The van der Waals surface area contributed by atoms with Crippen LogP contribution in [0, 0.1) is 17.5 Å². The number of nitrogens with zero attached hydrogens (tertiary/aromatic N) is 2. The minimum absolute atomic E-state index is 0.0269. The van der Waals surface area contributed by atoms with E-state index in [1.165, 1.54) is 12.3 Å². The van der Waals surface area contributed by atoms with Crippen molar-refractivity contribution in [2.75, 3.05) is 10.6 Å². The number of amides is 1. The van der Waals surface area contributed by atoms with Crippen LogP contribution in [-0.2, 0) is 0 Å². The van der Waals surface area contributed by atoms with Gasteiger partial charge in [-0.1, -0.05) is 32.0 Å². The number of para-hydroxylation sites is 1. The molecule has 0 unspecified atom stereocenters.